The molecule has 0 N–H and O–H groups in total. The molecule has 0 radical (unpaired) electrons. The molecule has 0 spiro atoms. The lowest BCUT2D eigenvalue weighted by atomic mass is 10.1. The second-order valence-corrected chi connectivity index (χ2v) is 12.1. The Morgan fingerprint density at radius 3 is 1.15 bits per heavy atom. The van der Waals surface area contributed by atoms with Gasteiger partial charge in [0.05, 0.1) is 33.4 Å². The van der Waals surface area contributed by atoms with Crippen LogP contribution in [-0.2, 0) is 0 Å². The van der Waals surface area contributed by atoms with E-state index < -0.39 is 0 Å². The van der Waals surface area contributed by atoms with Crippen LogP contribution >= 0.6 is 0 Å². The number of fused-ring (bicyclic) bond motifs is 14. The number of benzene rings is 7. The van der Waals surface area contributed by atoms with Gasteiger partial charge in [0, 0.05) is 43.1 Å². The molecule has 0 bridgehead atoms. The van der Waals surface area contributed by atoms with Crippen LogP contribution in [0.1, 0.15) is 0 Å². The average molecular weight is 589 g/mol. The zero-order chi connectivity index (χ0) is 29.9. The van der Waals surface area contributed by atoms with Crippen molar-refractivity contribution in [3.8, 4) is 11.4 Å². The third-order valence-electron chi connectivity index (χ3n) is 9.72. The summed E-state index contributed by atoms with van der Waals surface area (Å²) in [5, 5.41) is 9.19. The minimum atomic E-state index is 0.893. The lowest BCUT2D eigenvalue weighted by molar-refractivity contribution is 0.670. The van der Waals surface area contributed by atoms with Crippen LogP contribution in [0, 0.1) is 0 Å². The number of para-hydroxylation sites is 6. The summed E-state index contributed by atoms with van der Waals surface area (Å²) in [5.74, 6) is 0. The lowest BCUT2D eigenvalue weighted by Gasteiger charge is -2.16. The molecule has 11 aromatic rings. The first-order chi connectivity index (χ1) is 22.8. The van der Waals surface area contributed by atoms with Crippen molar-refractivity contribution in [2.24, 2.45) is 0 Å². The number of rotatable bonds is 2. The van der Waals surface area contributed by atoms with E-state index in [2.05, 4.69) is 143 Å². The minimum Gasteiger partial charge on any atom is -0.454 e. The molecule has 0 saturated carbocycles. The Morgan fingerprint density at radius 1 is 0.304 bits per heavy atom. The zero-order valence-electron chi connectivity index (χ0n) is 24.6. The van der Waals surface area contributed by atoms with Crippen molar-refractivity contribution >= 4 is 87.5 Å². The van der Waals surface area contributed by atoms with Crippen LogP contribution < -0.4 is 0 Å². The fourth-order valence-electron chi connectivity index (χ4n) is 7.80. The molecule has 11 rings (SSSR count). The molecule has 0 fully saturated rings. The van der Waals surface area contributed by atoms with Gasteiger partial charge in [-0.15, -0.1) is 0 Å². The molecule has 46 heavy (non-hydrogen) atoms. The fraction of sp³-hybridized carbons (Fsp3) is 0. The number of aromatic nitrogens is 2. The van der Waals surface area contributed by atoms with Crippen LogP contribution in [-0.4, -0.2) is 9.13 Å². The summed E-state index contributed by atoms with van der Waals surface area (Å²) in [6.07, 6.45) is 0. The standard InChI is InChI=1S/C42H24N2O2/c1-5-15-33-25(11-1)29-21-23-31-27-13-3-9-19-37(27)45-41(31)39(29)43(33)35-17-7-8-18-36(35)44-34-16-6-2-12-26(34)30-22-24-32-28-14-4-10-20-38(28)46-42(32)40(30)44/h1-24H. The first kappa shape index (κ1) is 24.1. The van der Waals surface area contributed by atoms with Crippen LogP contribution in [0.3, 0.4) is 0 Å². The van der Waals surface area contributed by atoms with E-state index in [1.165, 1.54) is 21.5 Å². The Bertz CT molecular complexity index is 2830. The van der Waals surface area contributed by atoms with Crippen LogP contribution in [0.15, 0.2) is 154 Å². The van der Waals surface area contributed by atoms with Gasteiger partial charge in [0.1, 0.15) is 11.2 Å². The molecule has 4 heterocycles. The highest BCUT2D eigenvalue weighted by atomic mass is 16.3. The van der Waals surface area contributed by atoms with E-state index in [9.17, 15) is 0 Å². The van der Waals surface area contributed by atoms with Crippen molar-refractivity contribution in [3.63, 3.8) is 0 Å². The van der Waals surface area contributed by atoms with E-state index in [4.69, 9.17) is 8.83 Å². The summed E-state index contributed by atoms with van der Waals surface area (Å²) in [5.41, 5.74) is 10.1. The zero-order valence-corrected chi connectivity index (χ0v) is 24.6. The maximum Gasteiger partial charge on any atom is 0.160 e. The average Bonchev–Trinajstić information content (AvgIpc) is 3.86. The van der Waals surface area contributed by atoms with Crippen LogP contribution in [0.2, 0.25) is 0 Å². The molecule has 0 saturated heterocycles. The molecule has 0 amide bonds. The molecule has 0 atom stereocenters. The Balaban J connectivity index is 1.34. The van der Waals surface area contributed by atoms with E-state index in [0.717, 1.165) is 77.3 Å². The van der Waals surface area contributed by atoms with Crippen molar-refractivity contribution in [3.05, 3.63) is 146 Å². The molecule has 7 aromatic carbocycles. The van der Waals surface area contributed by atoms with Gasteiger partial charge in [0.15, 0.2) is 11.2 Å². The van der Waals surface area contributed by atoms with Crippen LogP contribution in [0.25, 0.3) is 98.9 Å². The largest absolute Gasteiger partial charge is 0.454 e. The first-order valence-corrected chi connectivity index (χ1v) is 15.6. The highest BCUT2D eigenvalue weighted by Crippen LogP contribution is 2.44. The third-order valence-corrected chi connectivity index (χ3v) is 9.72. The topological polar surface area (TPSA) is 36.1 Å². The summed E-state index contributed by atoms with van der Waals surface area (Å²) >= 11 is 0. The predicted octanol–water partition coefficient (Wildman–Crippen LogP) is 11.7. The van der Waals surface area contributed by atoms with Crippen molar-refractivity contribution in [1.29, 1.82) is 0 Å². The lowest BCUT2D eigenvalue weighted by Crippen LogP contribution is -2.03. The summed E-state index contributed by atoms with van der Waals surface area (Å²) in [7, 11) is 0. The monoisotopic (exact) mass is 588 g/mol. The Labute approximate surface area is 261 Å². The maximum atomic E-state index is 6.68. The molecule has 0 aliphatic heterocycles. The van der Waals surface area contributed by atoms with E-state index in [1.807, 2.05) is 12.1 Å². The number of nitrogens with zero attached hydrogens (tertiary/aromatic N) is 2. The van der Waals surface area contributed by atoms with Gasteiger partial charge < -0.3 is 18.0 Å². The summed E-state index contributed by atoms with van der Waals surface area (Å²) in [4.78, 5) is 0. The smallest absolute Gasteiger partial charge is 0.160 e. The molecular formula is C42H24N2O2. The Morgan fingerprint density at radius 2 is 0.674 bits per heavy atom. The maximum absolute atomic E-state index is 6.68. The third kappa shape index (κ3) is 2.98. The van der Waals surface area contributed by atoms with Crippen molar-refractivity contribution < 1.29 is 8.83 Å². The predicted molar refractivity (Wildman–Crippen MR) is 190 cm³/mol. The second kappa shape index (κ2) is 8.68. The molecule has 4 aromatic heterocycles. The highest BCUT2D eigenvalue weighted by Gasteiger charge is 2.24. The van der Waals surface area contributed by atoms with Gasteiger partial charge in [-0.1, -0.05) is 97.1 Å². The van der Waals surface area contributed by atoms with Crippen molar-refractivity contribution in [1.82, 2.24) is 9.13 Å². The van der Waals surface area contributed by atoms with E-state index in [1.54, 1.807) is 0 Å². The van der Waals surface area contributed by atoms with E-state index in [-0.39, 0.29) is 0 Å². The van der Waals surface area contributed by atoms with Gasteiger partial charge in [0.2, 0.25) is 0 Å². The van der Waals surface area contributed by atoms with Gasteiger partial charge in [-0.05, 0) is 48.5 Å². The molecule has 4 nitrogen and oxygen atoms in total. The second-order valence-electron chi connectivity index (χ2n) is 12.1. The number of furan rings is 2. The summed E-state index contributed by atoms with van der Waals surface area (Å²) in [6.45, 7) is 0. The Hall–Kier alpha value is -6.26. The fourth-order valence-corrected chi connectivity index (χ4v) is 7.80. The molecule has 0 aliphatic carbocycles. The van der Waals surface area contributed by atoms with Crippen molar-refractivity contribution in [2.45, 2.75) is 0 Å². The normalized spacial score (nSPS) is 12.3. The van der Waals surface area contributed by atoms with Gasteiger partial charge in [-0.3, -0.25) is 0 Å². The molecule has 0 unspecified atom stereocenters. The van der Waals surface area contributed by atoms with Gasteiger partial charge in [0.25, 0.3) is 0 Å². The SMILES string of the molecule is c1ccc(-n2c3ccccc3c3ccc4c5ccccc5oc4c32)c(-n2c3ccccc3c3ccc4c5ccccc5oc4c32)c1. The minimum absolute atomic E-state index is 0.893. The summed E-state index contributed by atoms with van der Waals surface area (Å²) < 4.78 is 18.1. The van der Waals surface area contributed by atoms with E-state index >= 15 is 0 Å². The first-order valence-electron chi connectivity index (χ1n) is 15.6. The summed E-state index contributed by atoms with van der Waals surface area (Å²) in [6, 6.07) is 51.6. The molecule has 0 aliphatic rings. The highest BCUT2D eigenvalue weighted by molar-refractivity contribution is 6.23. The Kier molecular flexibility index (Phi) is 4.55. The number of hydrogen-bond acceptors (Lipinski definition) is 2. The van der Waals surface area contributed by atoms with Crippen molar-refractivity contribution in [2.75, 3.05) is 0 Å². The molecule has 4 heteroatoms. The van der Waals surface area contributed by atoms with Crippen LogP contribution in [0.4, 0.5) is 0 Å². The number of hydrogen-bond donors (Lipinski definition) is 0. The van der Waals surface area contributed by atoms with E-state index in [0.29, 0.717) is 0 Å². The molecule has 214 valence electrons. The van der Waals surface area contributed by atoms with Crippen LogP contribution in [0.5, 0.6) is 0 Å². The van der Waals surface area contributed by atoms with Gasteiger partial charge in [-0.25, -0.2) is 0 Å². The quantitative estimate of drug-likeness (QED) is 0.201. The van der Waals surface area contributed by atoms with Gasteiger partial charge >= 0.3 is 0 Å². The molecular weight excluding hydrogens is 564 g/mol. The van der Waals surface area contributed by atoms with Gasteiger partial charge in [-0.2, -0.15) is 0 Å².